The molecule has 2 aromatic rings. The van der Waals surface area contributed by atoms with Crippen LogP contribution in [0.2, 0.25) is 0 Å². The fraction of sp³-hybridized carbons (Fsp3) is 0.267. The van der Waals surface area contributed by atoms with Crippen LogP contribution in [0.3, 0.4) is 0 Å². The molecule has 0 aliphatic carbocycles. The second kappa shape index (κ2) is 7.77. The number of nitrogens with one attached hydrogen (secondary N) is 1. The number of thiazole rings is 1. The molecule has 0 unspecified atom stereocenters. The summed E-state index contributed by atoms with van der Waals surface area (Å²) in [5.41, 5.74) is 1.95. The maximum Gasteiger partial charge on any atom is 0.123 e. The third kappa shape index (κ3) is 4.43. The average Bonchev–Trinajstić information content (AvgIpc) is 2.92. The van der Waals surface area contributed by atoms with Gasteiger partial charge < -0.3 is 10.1 Å². The van der Waals surface area contributed by atoms with Crippen molar-refractivity contribution in [2.45, 2.75) is 13.0 Å². The van der Waals surface area contributed by atoms with Crippen LogP contribution in [0.15, 0.2) is 42.5 Å². The molecule has 1 N–H and O–H groups in total. The Morgan fingerprint density at radius 2 is 2.15 bits per heavy atom. The zero-order valence-electron chi connectivity index (χ0n) is 11.1. The summed E-state index contributed by atoms with van der Waals surface area (Å²) in [6.07, 6.45) is 2.39. The van der Waals surface area contributed by atoms with Crippen LogP contribution in [0, 0.1) is 5.82 Å². The van der Waals surface area contributed by atoms with Crippen molar-refractivity contribution in [2.75, 3.05) is 13.2 Å². The summed E-state index contributed by atoms with van der Waals surface area (Å²) in [6.45, 7) is 5.76. The first-order chi connectivity index (χ1) is 9.79. The second-order valence-corrected chi connectivity index (χ2v) is 5.08. The van der Waals surface area contributed by atoms with Gasteiger partial charge in [-0.15, -0.1) is 11.3 Å². The van der Waals surface area contributed by atoms with Gasteiger partial charge in [0.25, 0.3) is 0 Å². The smallest absolute Gasteiger partial charge is 0.123 e. The number of hydrogen-bond acceptors (Lipinski definition) is 4. The van der Waals surface area contributed by atoms with Crippen molar-refractivity contribution in [1.82, 2.24) is 10.3 Å². The van der Waals surface area contributed by atoms with Gasteiger partial charge in [-0.25, -0.2) is 9.37 Å². The Kier molecular flexibility index (Phi) is 5.70. The van der Waals surface area contributed by atoms with Crippen LogP contribution < -0.4 is 5.32 Å². The van der Waals surface area contributed by atoms with Gasteiger partial charge in [0, 0.05) is 17.5 Å². The van der Waals surface area contributed by atoms with Gasteiger partial charge in [0.2, 0.25) is 0 Å². The average molecular weight is 292 g/mol. The molecule has 3 nitrogen and oxygen atoms in total. The number of aromatic nitrogens is 1. The lowest BCUT2D eigenvalue weighted by Gasteiger charge is -2.02. The van der Waals surface area contributed by atoms with Gasteiger partial charge in [-0.2, -0.15) is 0 Å². The van der Waals surface area contributed by atoms with Crippen molar-refractivity contribution >= 4 is 11.3 Å². The van der Waals surface area contributed by atoms with E-state index in [4.69, 9.17) is 4.74 Å². The summed E-state index contributed by atoms with van der Waals surface area (Å²) in [6, 6.07) is 6.40. The van der Waals surface area contributed by atoms with E-state index in [1.54, 1.807) is 23.5 Å². The molecule has 0 aliphatic heterocycles. The number of ether oxygens (including phenoxy) is 1. The van der Waals surface area contributed by atoms with Crippen LogP contribution in [0.4, 0.5) is 4.39 Å². The molecule has 106 valence electrons. The Labute approximate surface area is 122 Å². The van der Waals surface area contributed by atoms with E-state index >= 15 is 0 Å². The van der Waals surface area contributed by atoms with Gasteiger partial charge in [-0.3, -0.25) is 0 Å². The summed E-state index contributed by atoms with van der Waals surface area (Å²) in [7, 11) is 0. The summed E-state index contributed by atoms with van der Waals surface area (Å²) in [5.74, 6) is -0.228. The maximum atomic E-state index is 12.9. The molecule has 0 spiro atoms. The zero-order valence-corrected chi connectivity index (χ0v) is 12.0. The lowest BCUT2D eigenvalue weighted by Crippen LogP contribution is -2.16. The van der Waals surface area contributed by atoms with Crippen molar-refractivity contribution in [3.05, 3.63) is 54.0 Å². The molecule has 0 bridgehead atoms. The Morgan fingerprint density at radius 1 is 1.35 bits per heavy atom. The lowest BCUT2D eigenvalue weighted by atomic mass is 10.2. The topological polar surface area (TPSA) is 34.1 Å². The Morgan fingerprint density at radius 3 is 2.90 bits per heavy atom. The highest BCUT2D eigenvalue weighted by Gasteiger charge is 2.04. The molecule has 0 saturated heterocycles. The van der Waals surface area contributed by atoms with Gasteiger partial charge in [0.05, 0.1) is 18.6 Å². The van der Waals surface area contributed by atoms with Crippen molar-refractivity contribution in [3.8, 4) is 10.6 Å². The number of rotatable bonds is 8. The molecule has 0 atom stereocenters. The largest absolute Gasteiger partial charge is 0.502 e. The van der Waals surface area contributed by atoms with E-state index in [-0.39, 0.29) is 5.82 Å². The summed E-state index contributed by atoms with van der Waals surface area (Å²) >= 11 is 1.57. The highest BCUT2D eigenvalue weighted by atomic mass is 32.1. The minimum Gasteiger partial charge on any atom is -0.502 e. The van der Waals surface area contributed by atoms with E-state index in [2.05, 4.69) is 16.9 Å². The summed E-state index contributed by atoms with van der Waals surface area (Å²) in [5, 5.41) is 6.24. The Bertz CT molecular complexity index is 539. The van der Waals surface area contributed by atoms with Crippen LogP contribution in [0.25, 0.3) is 10.6 Å². The number of hydrogen-bond donors (Lipinski definition) is 1. The quantitative estimate of drug-likeness (QED) is 0.596. The van der Waals surface area contributed by atoms with E-state index in [0.29, 0.717) is 6.61 Å². The van der Waals surface area contributed by atoms with Gasteiger partial charge in [0.15, 0.2) is 0 Å². The highest BCUT2D eigenvalue weighted by molar-refractivity contribution is 7.13. The first-order valence-corrected chi connectivity index (χ1v) is 7.31. The van der Waals surface area contributed by atoms with Crippen molar-refractivity contribution < 1.29 is 9.13 Å². The fourth-order valence-corrected chi connectivity index (χ4v) is 2.52. The maximum absolute atomic E-state index is 12.9. The standard InChI is InChI=1S/C15H17FN2OS/c1-2-19-9-3-8-17-10-14-11-20-15(18-14)12-4-6-13(16)7-5-12/h2,4-7,11,17H,1,3,8-10H2. The van der Waals surface area contributed by atoms with Gasteiger partial charge >= 0.3 is 0 Å². The highest BCUT2D eigenvalue weighted by Crippen LogP contribution is 2.23. The van der Waals surface area contributed by atoms with Crippen molar-refractivity contribution in [3.63, 3.8) is 0 Å². The monoisotopic (exact) mass is 292 g/mol. The third-order valence-electron chi connectivity index (χ3n) is 2.68. The third-order valence-corrected chi connectivity index (χ3v) is 3.62. The molecule has 0 saturated carbocycles. The van der Waals surface area contributed by atoms with Crippen molar-refractivity contribution in [2.24, 2.45) is 0 Å². The minimum absolute atomic E-state index is 0.228. The molecule has 1 heterocycles. The molecule has 0 fully saturated rings. The number of halogens is 1. The van der Waals surface area contributed by atoms with E-state index in [0.717, 1.165) is 35.8 Å². The predicted molar refractivity (Wildman–Crippen MR) is 80.0 cm³/mol. The lowest BCUT2D eigenvalue weighted by molar-refractivity contribution is 0.244. The van der Waals surface area contributed by atoms with Crippen LogP contribution in [-0.2, 0) is 11.3 Å². The van der Waals surface area contributed by atoms with E-state index < -0.39 is 0 Å². The Hall–Kier alpha value is -1.72. The van der Waals surface area contributed by atoms with Crippen LogP contribution in [0.1, 0.15) is 12.1 Å². The normalized spacial score (nSPS) is 10.4. The Balaban J connectivity index is 1.80. The second-order valence-electron chi connectivity index (χ2n) is 4.22. The van der Waals surface area contributed by atoms with Gasteiger partial charge in [-0.05, 0) is 37.2 Å². The van der Waals surface area contributed by atoms with Gasteiger partial charge in [-0.1, -0.05) is 6.58 Å². The molecule has 5 heteroatoms. The number of benzene rings is 1. The molecule has 20 heavy (non-hydrogen) atoms. The minimum atomic E-state index is -0.228. The van der Waals surface area contributed by atoms with Gasteiger partial charge in [0.1, 0.15) is 10.8 Å². The summed E-state index contributed by atoms with van der Waals surface area (Å²) < 4.78 is 17.9. The first kappa shape index (κ1) is 14.7. The number of nitrogens with zero attached hydrogens (tertiary/aromatic N) is 1. The molecule has 1 aromatic heterocycles. The molecule has 1 aromatic carbocycles. The van der Waals surface area contributed by atoms with E-state index in [1.165, 1.54) is 18.4 Å². The molecular formula is C15H17FN2OS. The molecule has 0 aliphatic rings. The fourth-order valence-electron chi connectivity index (χ4n) is 1.69. The SMILES string of the molecule is C=COCCCNCc1csc(-c2ccc(F)cc2)n1. The predicted octanol–water partition coefficient (Wildman–Crippen LogP) is 3.59. The van der Waals surface area contributed by atoms with E-state index in [9.17, 15) is 4.39 Å². The van der Waals surface area contributed by atoms with Crippen molar-refractivity contribution in [1.29, 1.82) is 0 Å². The molecular weight excluding hydrogens is 275 g/mol. The molecule has 0 amide bonds. The van der Waals surface area contributed by atoms with Crippen LogP contribution >= 0.6 is 11.3 Å². The molecule has 2 rings (SSSR count). The first-order valence-electron chi connectivity index (χ1n) is 6.43. The van der Waals surface area contributed by atoms with E-state index in [1.807, 2.05) is 5.38 Å². The molecule has 0 radical (unpaired) electrons. The summed E-state index contributed by atoms with van der Waals surface area (Å²) in [4.78, 5) is 4.53. The zero-order chi connectivity index (χ0) is 14.2. The van der Waals surface area contributed by atoms with Crippen LogP contribution in [-0.4, -0.2) is 18.1 Å². The van der Waals surface area contributed by atoms with Crippen LogP contribution in [0.5, 0.6) is 0 Å².